The first-order valence-corrected chi connectivity index (χ1v) is 10.2. The lowest BCUT2D eigenvalue weighted by Crippen LogP contribution is -2.39. The highest BCUT2D eigenvalue weighted by molar-refractivity contribution is 6.44. The molecule has 0 bridgehead atoms. The van der Waals surface area contributed by atoms with Crippen molar-refractivity contribution in [2.45, 2.75) is 32.4 Å². The molecule has 3 aromatic rings. The summed E-state index contributed by atoms with van der Waals surface area (Å²) in [6.45, 7) is 2.64. The van der Waals surface area contributed by atoms with Gasteiger partial charge < -0.3 is 11.1 Å². The highest BCUT2D eigenvalue weighted by atomic mass is 16.2. The van der Waals surface area contributed by atoms with E-state index in [1.807, 2.05) is 30.3 Å². The molecule has 2 heterocycles. The molecule has 1 aliphatic heterocycles. The third kappa shape index (κ3) is 4.48. The maximum absolute atomic E-state index is 12.9. The summed E-state index contributed by atoms with van der Waals surface area (Å²) in [5.74, 6) is -0.357. The number of rotatable bonds is 7. The third-order valence-electron chi connectivity index (χ3n) is 5.24. The highest BCUT2D eigenvalue weighted by Gasteiger charge is 2.35. The van der Waals surface area contributed by atoms with Crippen LogP contribution in [0.15, 0.2) is 72.0 Å². The van der Waals surface area contributed by atoms with Crippen LogP contribution in [0.3, 0.4) is 0 Å². The number of benzene rings is 2. The molecular formula is C23H24N6O2. The van der Waals surface area contributed by atoms with Gasteiger partial charge in [-0.15, -0.1) is 0 Å². The maximum atomic E-state index is 12.9. The highest BCUT2D eigenvalue weighted by Crippen LogP contribution is 2.25. The van der Waals surface area contributed by atoms with Gasteiger partial charge in [0.05, 0.1) is 18.4 Å². The number of para-hydroxylation sites is 1. The van der Waals surface area contributed by atoms with E-state index in [0.29, 0.717) is 18.1 Å². The average molecular weight is 416 g/mol. The van der Waals surface area contributed by atoms with Crippen molar-refractivity contribution in [3.05, 3.63) is 78.0 Å². The Kier molecular flexibility index (Phi) is 5.79. The number of hydrogen-bond acceptors (Lipinski definition) is 5. The molecular weight excluding hydrogens is 392 g/mol. The zero-order chi connectivity index (χ0) is 21.8. The minimum Gasteiger partial charge on any atom is -0.368 e. The average Bonchev–Trinajstić information content (AvgIpc) is 3.42. The summed E-state index contributed by atoms with van der Waals surface area (Å²) >= 11 is 0. The number of hydrogen-bond donors (Lipinski definition) is 2. The summed E-state index contributed by atoms with van der Waals surface area (Å²) in [5.41, 5.74) is 8.85. The number of aryl methyl sites for hydroxylation is 1. The molecule has 0 fully saturated rings. The number of nitrogens with one attached hydrogen (secondary N) is 1. The maximum Gasteiger partial charge on any atom is 0.273 e. The van der Waals surface area contributed by atoms with Gasteiger partial charge in [0.25, 0.3) is 5.91 Å². The van der Waals surface area contributed by atoms with Gasteiger partial charge in [0.15, 0.2) is 0 Å². The van der Waals surface area contributed by atoms with Crippen molar-refractivity contribution < 1.29 is 9.59 Å². The number of primary amides is 1. The summed E-state index contributed by atoms with van der Waals surface area (Å²) in [6.07, 6.45) is 2.76. The van der Waals surface area contributed by atoms with Crippen molar-refractivity contribution in [2.75, 3.05) is 10.3 Å². The van der Waals surface area contributed by atoms with E-state index in [-0.39, 0.29) is 18.0 Å². The molecule has 0 aliphatic carbocycles. The van der Waals surface area contributed by atoms with Crippen molar-refractivity contribution in [1.82, 2.24) is 9.78 Å². The molecule has 2 amide bonds. The second-order valence-corrected chi connectivity index (χ2v) is 7.35. The van der Waals surface area contributed by atoms with Gasteiger partial charge in [-0.05, 0) is 29.7 Å². The van der Waals surface area contributed by atoms with Gasteiger partial charge in [-0.3, -0.25) is 14.6 Å². The number of hydrazone groups is 1. The van der Waals surface area contributed by atoms with Crippen LogP contribution in [-0.4, -0.2) is 33.3 Å². The van der Waals surface area contributed by atoms with Crippen LogP contribution in [0.5, 0.6) is 0 Å². The predicted octanol–water partition coefficient (Wildman–Crippen LogP) is 2.55. The molecule has 8 nitrogen and oxygen atoms in total. The lowest BCUT2D eigenvalue weighted by molar-refractivity contribution is -0.119. The molecule has 2 aromatic carbocycles. The largest absolute Gasteiger partial charge is 0.368 e. The smallest absolute Gasteiger partial charge is 0.273 e. The Balaban J connectivity index is 1.49. The minimum atomic E-state index is -0.704. The summed E-state index contributed by atoms with van der Waals surface area (Å²) in [6, 6.07) is 18.5. The SMILES string of the molecule is CCc1ccc(Cn2nccc2NC(=O)C2=NN(c3ccccc3)[C@H](C(N)=O)C2)cc1. The molecule has 1 aromatic heterocycles. The van der Waals surface area contributed by atoms with Gasteiger partial charge in [-0.2, -0.15) is 10.2 Å². The van der Waals surface area contributed by atoms with Crippen molar-refractivity contribution in [3.63, 3.8) is 0 Å². The van der Waals surface area contributed by atoms with Crippen LogP contribution >= 0.6 is 0 Å². The molecule has 158 valence electrons. The molecule has 1 aliphatic rings. The van der Waals surface area contributed by atoms with Crippen LogP contribution < -0.4 is 16.1 Å². The molecule has 1 atom stereocenters. The van der Waals surface area contributed by atoms with Crippen LogP contribution in [-0.2, 0) is 22.6 Å². The van der Waals surface area contributed by atoms with Gasteiger partial charge in [-0.25, -0.2) is 4.68 Å². The van der Waals surface area contributed by atoms with Gasteiger partial charge in [-0.1, -0.05) is 49.4 Å². The first-order valence-electron chi connectivity index (χ1n) is 10.2. The predicted molar refractivity (Wildman–Crippen MR) is 120 cm³/mol. The monoisotopic (exact) mass is 416 g/mol. The number of nitrogens with two attached hydrogens (primary N) is 1. The van der Waals surface area contributed by atoms with E-state index >= 15 is 0 Å². The number of amides is 2. The molecule has 31 heavy (non-hydrogen) atoms. The third-order valence-corrected chi connectivity index (χ3v) is 5.24. The van der Waals surface area contributed by atoms with E-state index in [4.69, 9.17) is 5.73 Å². The molecule has 0 saturated carbocycles. The summed E-state index contributed by atoms with van der Waals surface area (Å²) in [7, 11) is 0. The Hall–Kier alpha value is -3.94. The topological polar surface area (TPSA) is 106 Å². The number of anilines is 2. The first-order chi connectivity index (χ1) is 15.0. The molecule has 3 N–H and O–H groups in total. The Labute approximate surface area is 180 Å². The molecule has 0 unspecified atom stereocenters. The van der Waals surface area contributed by atoms with Crippen molar-refractivity contribution in [1.29, 1.82) is 0 Å². The molecule has 4 rings (SSSR count). The van der Waals surface area contributed by atoms with Crippen LogP contribution in [0.25, 0.3) is 0 Å². The quantitative estimate of drug-likeness (QED) is 0.617. The zero-order valence-electron chi connectivity index (χ0n) is 17.2. The van der Waals surface area contributed by atoms with Gasteiger partial charge in [0.2, 0.25) is 5.91 Å². The molecule has 0 radical (unpaired) electrons. The van der Waals surface area contributed by atoms with Crippen molar-refractivity contribution in [3.8, 4) is 0 Å². The van der Waals surface area contributed by atoms with E-state index in [1.165, 1.54) is 10.6 Å². The zero-order valence-corrected chi connectivity index (χ0v) is 17.2. The lowest BCUT2D eigenvalue weighted by Gasteiger charge is -2.20. The van der Waals surface area contributed by atoms with Crippen LogP contribution in [0.4, 0.5) is 11.5 Å². The number of nitrogens with zero attached hydrogens (tertiary/aromatic N) is 4. The molecule has 8 heteroatoms. The fourth-order valence-corrected chi connectivity index (χ4v) is 3.49. The van der Waals surface area contributed by atoms with Gasteiger partial charge in [0, 0.05) is 12.5 Å². The van der Waals surface area contributed by atoms with E-state index in [9.17, 15) is 9.59 Å². The van der Waals surface area contributed by atoms with Crippen LogP contribution in [0.2, 0.25) is 0 Å². The number of aromatic nitrogens is 2. The second-order valence-electron chi connectivity index (χ2n) is 7.35. The fourth-order valence-electron chi connectivity index (χ4n) is 3.49. The Morgan fingerprint density at radius 3 is 2.45 bits per heavy atom. The Bertz CT molecular complexity index is 1100. The first kappa shape index (κ1) is 20.3. The van der Waals surface area contributed by atoms with E-state index in [2.05, 4.69) is 46.7 Å². The van der Waals surface area contributed by atoms with Crippen molar-refractivity contribution >= 4 is 29.0 Å². The summed E-state index contributed by atoms with van der Waals surface area (Å²) < 4.78 is 1.72. The van der Waals surface area contributed by atoms with Gasteiger partial charge >= 0.3 is 0 Å². The second kappa shape index (κ2) is 8.83. The molecule has 0 saturated heterocycles. The summed E-state index contributed by atoms with van der Waals surface area (Å²) in [4.78, 5) is 24.8. The van der Waals surface area contributed by atoms with Crippen molar-refractivity contribution in [2.24, 2.45) is 10.8 Å². The van der Waals surface area contributed by atoms with E-state index in [1.54, 1.807) is 16.9 Å². The van der Waals surface area contributed by atoms with E-state index < -0.39 is 11.9 Å². The number of carbonyl (C=O) groups excluding carboxylic acids is 2. The Morgan fingerprint density at radius 1 is 1.06 bits per heavy atom. The lowest BCUT2D eigenvalue weighted by atomic mass is 10.1. The van der Waals surface area contributed by atoms with Gasteiger partial charge in [0.1, 0.15) is 17.6 Å². The molecule has 0 spiro atoms. The Morgan fingerprint density at radius 2 is 1.77 bits per heavy atom. The van der Waals surface area contributed by atoms with Crippen LogP contribution in [0, 0.1) is 0 Å². The normalized spacial score (nSPS) is 15.6. The van der Waals surface area contributed by atoms with Crippen LogP contribution in [0.1, 0.15) is 24.5 Å². The standard InChI is InChI=1S/C23H24N6O2/c1-2-16-8-10-17(11-9-16)15-28-21(12-13-25-28)26-23(31)19-14-20(22(24)30)29(27-19)18-6-4-3-5-7-18/h3-13,20H,2,14-15H2,1H3,(H2,24,30)(H,26,31)/t20-/m0/s1. The van der Waals surface area contributed by atoms with E-state index in [0.717, 1.165) is 12.0 Å². The fraction of sp³-hybridized carbons (Fsp3) is 0.217. The minimum absolute atomic E-state index is 0.142. The summed E-state index contributed by atoms with van der Waals surface area (Å²) in [5, 5.41) is 13.1. The number of carbonyl (C=O) groups is 2.